The molecular weight excluding hydrogens is 246 g/mol. The van der Waals surface area contributed by atoms with E-state index in [0.29, 0.717) is 17.4 Å². The maximum Gasteiger partial charge on any atom is 0.0358 e. The zero-order valence-electron chi connectivity index (χ0n) is 14.4. The molecule has 3 nitrogen and oxygen atoms in total. The Hall–Kier alpha value is -0.120. The average molecular weight is 281 g/mol. The smallest absolute Gasteiger partial charge is 0.0358 e. The van der Waals surface area contributed by atoms with Crippen molar-refractivity contribution in [2.75, 3.05) is 33.7 Å². The summed E-state index contributed by atoms with van der Waals surface area (Å²) in [6.45, 7) is 12.9. The second kappa shape index (κ2) is 5.58. The fourth-order valence-electron chi connectivity index (χ4n) is 4.81. The van der Waals surface area contributed by atoms with Crippen molar-refractivity contribution in [3.05, 3.63) is 0 Å². The fraction of sp³-hybridized carbons (Fsp3) is 1.00. The third-order valence-corrected chi connectivity index (χ3v) is 6.23. The summed E-state index contributed by atoms with van der Waals surface area (Å²) in [5.41, 5.74) is 7.04. The van der Waals surface area contributed by atoms with Crippen LogP contribution >= 0.6 is 0 Å². The van der Waals surface area contributed by atoms with Crippen molar-refractivity contribution in [3.63, 3.8) is 0 Å². The number of likely N-dealkylation sites (N-methyl/N-ethyl adjacent to an activating group) is 1. The van der Waals surface area contributed by atoms with Crippen LogP contribution in [0.4, 0.5) is 0 Å². The second-order valence-electron chi connectivity index (χ2n) is 8.49. The highest BCUT2D eigenvalue weighted by Gasteiger charge is 2.49. The monoisotopic (exact) mass is 281 g/mol. The first kappa shape index (κ1) is 16.3. The van der Waals surface area contributed by atoms with Crippen LogP contribution < -0.4 is 5.73 Å². The van der Waals surface area contributed by atoms with Crippen molar-refractivity contribution in [3.8, 4) is 0 Å². The maximum atomic E-state index is 6.31. The molecule has 0 aromatic rings. The summed E-state index contributed by atoms with van der Waals surface area (Å²) in [5, 5.41) is 0. The van der Waals surface area contributed by atoms with Gasteiger partial charge in [-0.05, 0) is 50.6 Å². The highest BCUT2D eigenvalue weighted by atomic mass is 15.3. The molecule has 0 spiro atoms. The Morgan fingerprint density at radius 2 is 1.80 bits per heavy atom. The van der Waals surface area contributed by atoms with Crippen LogP contribution in [0.3, 0.4) is 0 Å². The lowest BCUT2D eigenvalue weighted by molar-refractivity contribution is -0.0125. The second-order valence-corrected chi connectivity index (χ2v) is 8.49. The standard InChI is InChI=1S/C17H35N3/c1-13-10-20(11-15(13)19(5)6)17(12-18)8-7-16(3,4)9-14(17)2/h13-15H,7-12,18H2,1-6H3. The Morgan fingerprint density at radius 3 is 2.25 bits per heavy atom. The minimum atomic E-state index is 0.245. The third kappa shape index (κ3) is 2.77. The third-order valence-electron chi connectivity index (χ3n) is 6.23. The van der Waals surface area contributed by atoms with Gasteiger partial charge in [0.1, 0.15) is 0 Å². The van der Waals surface area contributed by atoms with E-state index in [1.807, 2.05) is 0 Å². The number of nitrogens with zero attached hydrogens (tertiary/aromatic N) is 2. The van der Waals surface area contributed by atoms with Crippen LogP contribution in [0.25, 0.3) is 0 Å². The van der Waals surface area contributed by atoms with E-state index in [0.717, 1.165) is 12.5 Å². The Balaban J connectivity index is 2.17. The molecule has 1 heterocycles. The molecule has 2 fully saturated rings. The van der Waals surface area contributed by atoms with Crippen LogP contribution in [0.2, 0.25) is 0 Å². The number of likely N-dealkylation sites (tertiary alicyclic amines) is 1. The summed E-state index contributed by atoms with van der Waals surface area (Å²) < 4.78 is 0. The van der Waals surface area contributed by atoms with E-state index in [4.69, 9.17) is 5.73 Å². The average Bonchev–Trinajstić information content (AvgIpc) is 2.71. The number of hydrogen-bond donors (Lipinski definition) is 1. The quantitative estimate of drug-likeness (QED) is 0.862. The molecule has 2 aliphatic rings. The van der Waals surface area contributed by atoms with Gasteiger partial charge in [0.25, 0.3) is 0 Å². The van der Waals surface area contributed by atoms with Crippen molar-refractivity contribution >= 4 is 0 Å². The zero-order valence-corrected chi connectivity index (χ0v) is 14.4. The maximum absolute atomic E-state index is 6.31. The van der Waals surface area contributed by atoms with Gasteiger partial charge in [0.05, 0.1) is 0 Å². The number of rotatable bonds is 3. The van der Waals surface area contributed by atoms with Gasteiger partial charge in [0.2, 0.25) is 0 Å². The van der Waals surface area contributed by atoms with Gasteiger partial charge < -0.3 is 10.6 Å². The minimum absolute atomic E-state index is 0.245. The molecule has 0 bridgehead atoms. The summed E-state index contributed by atoms with van der Waals surface area (Å²) in [6, 6.07) is 0.681. The molecule has 4 unspecified atom stereocenters. The molecule has 0 radical (unpaired) electrons. The Labute approximate surface area is 125 Å². The van der Waals surface area contributed by atoms with Crippen molar-refractivity contribution < 1.29 is 0 Å². The molecule has 0 aromatic carbocycles. The van der Waals surface area contributed by atoms with Gasteiger partial charge >= 0.3 is 0 Å². The lowest BCUT2D eigenvalue weighted by atomic mass is 9.63. The number of hydrogen-bond acceptors (Lipinski definition) is 3. The van der Waals surface area contributed by atoms with E-state index < -0.39 is 0 Å². The summed E-state index contributed by atoms with van der Waals surface area (Å²) in [5.74, 6) is 1.44. The molecule has 1 saturated carbocycles. The van der Waals surface area contributed by atoms with Crippen LogP contribution in [0.15, 0.2) is 0 Å². The molecule has 3 heteroatoms. The molecule has 2 rings (SSSR count). The number of nitrogens with two attached hydrogens (primary N) is 1. The van der Waals surface area contributed by atoms with Crippen LogP contribution in [0.5, 0.6) is 0 Å². The predicted octanol–water partition coefficient (Wildman–Crippen LogP) is 2.41. The normalized spacial score (nSPS) is 42.3. The Kier molecular flexibility index (Phi) is 4.54. The predicted molar refractivity (Wildman–Crippen MR) is 86.8 cm³/mol. The molecule has 0 aromatic heterocycles. The van der Waals surface area contributed by atoms with Crippen molar-refractivity contribution in [1.82, 2.24) is 9.80 Å². The summed E-state index contributed by atoms with van der Waals surface area (Å²) in [6.07, 6.45) is 3.89. The van der Waals surface area contributed by atoms with Crippen molar-refractivity contribution in [1.29, 1.82) is 0 Å². The van der Waals surface area contributed by atoms with Crippen LogP contribution in [-0.4, -0.2) is 55.1 Å². The molecule has 1 aliphatic carbocycles. The van der Waals surface area contributed by atoms with Gasteiger partial charge in [-0.3, -0.25) is 4.90 Å². The van der Waals surface area contributed by atoms with Crippen LogP contribution in [-0.2, 0) is 0 Å². The molecule has 2 N–H and O–H groups in total. The molecule has 4 atom stereocenters. The zero-order chi connectivity index (χ0) is 15.1. The Bertz CT molecular complexity index is 339. The van der Waals surface area contributed by atoms with E-state index in [1.54, 1.807) is 0 Å². The SMILES string of the molecule is CC1CN(C2(CN)CCC(C)(C)CC2C)CC1N(C)C. The van der Waals surface area contributed by atoms with Gasteiger partial charge in [0, 0.05) is 31.2 Å². The molecule has 118 valence electrons. The Morgan fingerprint density at radius 1 is 1.15 bits per heavy atom. The van der Waals surface area contributed by atoms with E-state index in [1.165, 1.54) is 32.4 Å². The van der Waals surface area contributed by atoms with Crippen LogP contribution in [0.1, 0.15) is 47.0 Å². The largest absolute Gasteiger partial charge is 0.329 e. The van der Waals surface area contributed by atoms with Gasteiger partial charge in [-0.15, -0.1) is 0 Å². The highest BCUT2D eigenvalue weighted by Crippen LogP contribution is 2.47. The summed E-state index contributed by atoms with van der Waals surface area (Å²) >= 11 is 0. The highest BCUT2D eigenvalue weighted by molar-refractivity contribution is 5.05. The molecule has 20 heavy (non-hydrogen) atoms. The molecular formula is C17H35N3. The lowest BCUT2D eigenvalue weighted by Gasteiger charge is -2.53. The van der Waals surface area contributed by atoms with Crippen molar-refractivity contribution in [2.45, 2.75) is 58.5 Å². The molecule has 0 amide bonds. The minimum Gasteiger partial charge on any atom is -0.329 e. The van der Waals surface area contributed by atoms with E-state index >= 15 is 0 Å². The van der Waals surface area contributed by atoms with Gasteiger partial charge in [-0.2, -0.15) is 0 Å². The first-order chi connectivity index (χ1) is 9.22. The first-order valence-corrected chi connectivity index (χ1v) is 8.33. The van der Waals surface area contributed by atoms with E-state index in [9.17, 15) is 0 Å². The lowest BCUT2D eigenvalue weighted by Crippen LogP contribution is -2.60. The van der Waals surface area contributed by atoms with E-state index in [-0.39, 0.29) is 5.54 Å². The van der Waals surface area contributed by atoms with Gasteiger partial charge in [-0.25, -0.2) is 0 Å². The van der Waals surface area contributed by atoms with Gasteiger partial charge in [-0.1, -0.05) is 27.7 Å². The molecule has 1 saturated heterocycles. The first-order valence-electron chi connectivity index (χ1n) is 8.33. The van der Waals surface area contributed by atoms with Crippen molar-refractivity contribution in [2.24, 2.45) is 23.0 Å². The van der Waals surface area contributed by atoms with Crippen LogP contribution in [0, 0.1) is 17.3 Å². The fourth-order valence-corrected chi connectivity index (χ4v) is 4.81. The topological polar surface area (TPSA) is 32.5 Å². The summed E-state index contributed by atoms with van der Waals surface area (Å²) in [4.78, 5) is 5.13. The molecule has 1 aliphatic heterocycles. The van der Waals surface area contributed by atoms with Gasteiger partial charge in [0.15, 0.2) is 0 Å². The summed E-state index contributed by atoms with van der Waals surface area (Å²) in [7, 11) is 4.43. The van der Waals surface area contributed by atoms with E-state index in [2.05, 4.69) is 51.6 Å².